The van der Waals surface area contributed by atoms with Crippen LogP contribution in [0.5, 0.6) is 5.75 Å². The number of aliphatic hydroxyl groups excluding tert-OH is 1. The van der Waals surface area contributed by atoms with E-state index in [-0.39, 0.29) is 65.5 Å². The summed E-state index contributed by atoms with van der Waals surface area (Å²) in [6, 6.07) is 6.97. The van der Waals surface area contributed by atoms with Crippen molar-refractivity contribution in [2.75, 3.05) is 24.7 Å². The fourth-order valence-electron chi connectivity index (χ4n) is 5.32. The summed E-state index contributed by atoms with van der Waals surface area (Å²) in [6.07, 6.45) is -10.6. The zero-order valence-corrected chi connectivity index (χ0v) is 25.2. The van der Waals surface area contributed by atoms with Crippen LogP contribution < -0.4 is 15.4 Å². The van der Waals surface area contributed by atoms with Gasteiger partial charge in [0, 0.05) is 12.3 Å². The van der Waals surface area contributed by atoms with E-state index in [4.69, 9.17) is 20.3 Å². The van der Waals surface area contributed by atoms with Crippen LogP contribution in [0.1, 0.15) is 71.4 Å². The maximum Gasteiger partial charge on any atom is 0.416 e. The molecule has 3 aromatic rings. The zero-order valence-electron chi connectivity index (χ0n) is 25.2. The highest BCUT2D eigenvalue weighted by atomic mass is 19.4. The fourth-order valence-corrected chi connectivity index (χ4v) is 5.32. The molecule has 2 aromatic carbocycles. The Morgan fingerprint density at radius 1 is 1.10 bits per heavy atom. The molecule has 0 fully saturated rings. The van der Waals surface area contributed by atoms with Crippen molar-refractivity contribution in [3.05, 3.63) is 81.9 Å². The van der Waals surface area contributed by atoms with Gasteiger partial charge in [0.25, 0.3) is 0 Å². The Bertz CT molecular complexity index is 1730. The van der Waals surface area contributed by atoms with E-state index >= 15 is 0 Å². The lowest BCUT2D eigenvalue weighted by Gasteiger charge is -2.46. The van der Waals surface area contributed by atoms with Gasteiger partial charge >= 0.3 is 24.4 Å². The van der Waals surface area contributed by atoms with E-state index in [9.17, 15) is 46.3 Å². The Labute approximate surface area is 269 Å². The molecule has 0 radical (unpaired) electrons. The van der Waals surface area contributed by atoms with Gasteiger partial charge in [-0.05, 0) is 60.4 Å². The normalized spacial score (nSPS) is 17.8. The largest absolute Gasteiger partial charge is 0.488 e. The molecule has 1 amide bonds. The molecule has 0 aliphatic carbocycles. The predicted molar refractivity (Wildman–Crippen MR) is 155 cm³/mol. The first-order chi connectivity index (χ1) is 22.5. The molecule has 256 valence electrons. The van der Waals surface area contributed by atoms with Crippen LogP contribution >= 0.6 is 0 Å². The number of nitriles is 1. The van der Waals surface area contributed by atoms with Crippen LogP contribution in [-0.4, -0.2) is 57.7 Å². The van der Waals surface area contributed by atoms with Crippen molar-refractivity contribution in [3.8, 4) is 11.8 Å². The summed E-state index contributed by atoms with van der Waals surface area (Å²) in [7, 11) is 0. The molecular formula is C31H29F6N5O6. The molecule has 1 aliphatic heterocycles. The molecule has 48 heavy (non-hydrogen) atoms. The molecule has 2 atom stereocenters. The lowest BCUT2D eigenvalue weighted by molar-refractivity contribution is -0.138. The molecule has 4 N–H and O–H groups in total. The number of nitrogens with zero attached hydrogens (tertiary/aromatic N) is 4. The number of hydrogen-bond donors (Lipinski definition) is 3. The second-order valence-electron chi connectivity index (χ2n) is 10.9. The number of carbonyl (C=O) groups excluding carboxylic acids is 1. The highest BCUT2D eigenvalue weighted by Gasteiger charge is 2.47. The number of carboxylic acid groups (broad SMARTS) is 1. The number of carboxylic acids is 1. The number of ether oxygens (including phenoxy) is 2. The van der Waals surface area contributed by atoms with Crippen LogP contribution in [0, 0.1) is 11.3 Å². The number of halogens is 6. The van der Waals surface area contributed by atoms with E-state index in [0.29, 0.717) is 6.07 Å². The summed E-state index contributed by atoms with van der Waals surface area (Å²) in [6.45, 7) is 0.394. The number of aliphatic hydroxyl groups is 1. The average Bonchev–Trinajstić information content (AvgIpc) is 3.02. The number of anilines is 1. The molecule has 0 bridgehead atoms. The summed E-state index contributed by atoms with van der Waals surface area (Å²) in [5.41, 5.74) is 2.52. The Balaban J connectivity index is 1.87. The number of aliphatic carboxylic acids is 1. The van der Waals surface area contributed by atoms with Crippen LogP contribution in [0.3, 0.4) is 0 Å². The summed E-state index contributed by atoms with van der Waals surface area (Å²) >= 11 is 0. The minimum Gasteiger partial charge on any atom is -0.488 e. The highest BCUT2D eigenvalue weighted by Crippen LogP contribution is 2.47. The maximum atomic E-state index is 13.9. The van der Waals surface area contributed by atoms with E-state index < -0.39 is 66.8 Å². The van der Waals surface area contributed by atoms with Crippen molar-refractivity contribution in [2.24, 2.45) is 5.73 Å². The van der Waals surface area contributed by atoms with E-state index in [1.165, 1.54) is 6.07 Å². The van der Waals surface area contributed by atoms with Crippen molar-refractivity contribution in [1.29, 1.82) is 5.26 Å². The van der Waals surface area contributed by atoms with Crippen LogP contribution in [0.15, 0.2) is 42.6 Å². The standard InChI is InChI=1S/C31H29F6N5O6/c1-2-29(39)14-22(21-13-19(30(32,33)34)3-4-24(21)42(29)28(46)48-7-5-26(44)45)27-40-16-25(47-8-6-43)23(41-27)12-17-9-18(15-38)11-20(10-17)31(35,36)37/h3-4,9-11,13,16,22,43H,2,5-8,12,14,39H2,1H3,(H,44,45)/t22-,29+/m0/s1. The van der Waals surface area contributed by atoms with Gasteiger partial charge in [-0.15, -0.1) is 0 Å². The van der Waals surface area contributed by atoms with Crippen LogP contribution in [0.4, 0.5) is 36.8 Å². The van der Waals surface area contributed by atoms with Crippen molar-refractivity contribution in [3.63, 3.8) is 0 Å². The molecule has 4 rings (SSSR count). The first-order valence-corrected chi connectivity index (χ1v) is 14.4. The van der Waals surface area contributed by atoms with Crippen molar-refractivity contribution >= 4 is 17.7 Å². The number of alkyl halides is 6. The lowest BCUT2D eigenvalue weighted by atomic mass is 9.80. The summed E-state index contributed by atoms with van der Waals surface area (Å²) in [5.74, 6) is -2.49. The molecular weight excluding hydrogens is 652 g/mol. The number of nitrogens with two attached hydrogens (primary N) is 1. The van der Waals surface area contributed by atoms with Gasteiger partial charge in [-0.2, -0.15) is 31.6 Å². The molecule has 11 nitrogen and oxygen atoms in total. The van der Waals surface area contributed by atoms with Crippen LogP contribution in [0.2, 0.25) is 0 Å². The molecule has 0 unspecified atom stereocenters. The lowest BCUT2D eigenvalue weighted by Crippen LogP contribution is -2.61. The smallest absolute Gasteiger partial charge is 0.416 e. The van der Waals surface area contributed by atoms with Gasteiger partial charge in [0.1, 0.15) is 24.7 Å². The molecule has 1 aromatic heterocycles. The SMILES string of the molecule is CC[C@]1(N)C[C@H](c2ncc(OCCO)c(Cc3cc(C#N)cc(C(F)(F)F)c3)n2)c2cc(C(F)(F)F)ccc2N1C(=O)OCCC(=O)O. The molecule has 1 aliphatic rings. The third-order valence-electron chi connectivity index (χ3n) is 7.64. The Hall–Kier alpha value is -4.95. The predicted octanol–water partition coefficient (Wildman–Crippen LogP) is 5.37. The van der Waals surface area contributed by atoms with Crippen LogP contribution in [-0.2, 0) is 28.3 Å². The first kappa shape index (κ1) is 35.9. The molecule has 17 heteroatoms. The Morgan fingerprint density at radius 3 is 2.42 bits per heavy atom. The third-order valence-corrected chi connectivity index (χ3v) is 7.64. The number of carbonyl (C=O) groups is 2. The van der Waals surface area contributed by atoms with Crippen molar-refractivity contribution in [1.82, 2.24) is 9.97 Å². The summed E-state index contributed by atoms with van der Waals surface area (Å²) < 4.78 is 93.1. The fraction of sp³-hybridized carbons (Fsp3) is 0.387. The Morgan fingerprint density at radius 2 is 1.81 bits per heavy atom. The number of fused-ring (bicyclic) bond motifs is 1. The number of rotatable bonds is 10. The van der Waals surface area contributed by atoms with Gasteiger partial charge in [0.15, 0.2) is 5.75 Å². The van der Waals surface area contributed by atoms with E-state index in [0.717, 1.165) is 35.4 Å². The van der Waals surface area contributed by atoms with Gasteiger partial charge in [0.05, 0.1) is 53.4 Å². The molecule has 0 saturated carbocycles. The third kappa shape index (κ3) is 7.94. The van der Waals surface area contributed by atoms with Crippen molar-refractivity contribution < 1.29 is 55.6 Å². The maximum absolute atomic E-state index is 13.9. The highest BCUT2D eigenvalue weighted by molar-refractivity contribution is 5.91. The number of hydrogen-bond acceptors (Lipinski definition) is 9. The Kier molecular flexibility index (Phi) is 10.5. The average molecular weight is 682 g/mol. The van der Waals surface area contributed by atoms with Crippen LogP contribution in [0.25, 0.3) is 0 Å². The van der Waals surface area contributed by atoms with E-state index in [1.54, 1.807) is 13.0 Å². The van der Waals surface area contributed by atoms with Gasteiger partial charge in [-0.1, -0.05) is 6.92 Å². The first-order valence-electron chi connectivity index (χ1n) is 14.4. The quantitative estimate of drug-likeness (QED) is 0.237. The van der Waals surface area contributed by atoms with Gasteiger partial charge in [0.2, 0.25) is 0 Å². The van der Waals surface area contributed by atoms with Crippen molar-refractivity contribution in [2.45, 2.75) is 56.5 Å². The van der Waals surface area contributed by atoms with Gasteiger partial charge < -0.3 is 25.4 Å². The molecule has 0 spiro atoms. The van der Waals surface area contributed by atoms with E-state index in [1.807, 2.05) is 0 Å². The summed E-state index contributed by atoms with van der Waals surface area (Å²) in [5, 5.41) is 27.6. The molecule has 0 saturated heterocycles. The van der Waals surface area contributed by atoms with E-state index in [2.05, 4.69) is 9.97 Å². The number of benzene rings is 2. The number of aromatic nitrogens is 2. The minimum absolute atomic E-state index is 0.000167. The summed E-state index contributed by atoms with van der Waals surface area (Å²) in [4.78, 5) is 33.9. The molecule has 2 heterocycles. The monoisotopic (exact) mass is 681 g/mol. The van der Waals surface area contributed by atoms with Gasteiger partial charge in [-0.25, -0.2) is 14.8 Å². The second kappa shape index (κ2) is 14.0. The minimum atomic E-state index is -4.80. The zero-order chi connectivity index (χ0) is 35.4. The second-order valence-corrected chi connectivity index (χ2v) is 10.9. The van der Waals surface area contributed by atoms with Gasteiger partial charge in [-0.3, -0.25) is 9.69 Å². The number of amides is 1. The topological polar surface area (TPSA) is 172 Å².